The first kappa shape index (κ1) is 14.3. The first-order chi connectivity index (χ1) is 10.8. The third-order valence-electron chi connectivity index (χ3n) is 3.63. The molecular formula is C20H18FN. The highest BCUT2D eigenvalue weighted by molar-refractivity contribution is 5.48. The predicted octanol–water partition coefficient (Wildman–Crippen LogP) is 5.03. The smallest absolute Gasteiger partial charge is 0.146 e. The molecule has 0 amide bonds. The van der Waals surface area contributed by atoms with Crippen molar-refractivity contribution in [1.29, 1.82) is 0 Å². The Morgan fingerprint density at radius 2 is 1.05 bits per heavy atom. The van der Waals surface area contributed by atoms with Gasteiger partial charge in [-0.3, -0.25) is 0 Å². The van der Waals surface area contributed by atoms with Gasteiger partial charge in [0.15, 0.2) is 0 Å². The number of para-hydroxylation sites is 1. The van der Waals surface area contributed by atoms with Gasteiger partial charge >= 0.3 is 0 Å². The minimum atomic E-state index is -0.186. The number of hydrogen-bond acceptors (Lipinski definition) is 1. The fourth-order valence-electron chi connectivity index (χ4n) is 2.54. The van der Waals surface area contributed by atoms with E-state index < -0.39 is 0 Å². The van der Waals surface area contributed by atoms with Gasteiger partial charge in [-0.15, -0.1) is 0 Å². The first-order valence-electron chi connectivity index (χ1n) is 7.40. The van der Waals surface area contributed by atoms with Gasteiger partial charge < -0.3 is 4.90 Å². The molecule has 0 aliphatic heterocycles. The molecule has 0 saturated heterocycles. The highest BCUT2D eigenvalue weighted by Crippen LogP contribution is 2.23. The lowest BCUT2D eigenvalue weighted by molar-refractivity contribution is 0.615. The van der Waals surface area contributed by atoms with Crippen molar-refractivity contribution in [2.24, 2.45) is 0 Å². The van der Waals surface area contributed by atoms with Gasteiger partial charge in [-0.05, 0) is 23.3 Å². The number of rotatable bonds is 5. The molecular weight excluding hydrogens is 273 g/mol. The molecule has 0 atom stereocenters. The molecule has 1 nitrogen and oxygen atoms in total. The third kappa shape index (κ3) is 3.53. The summed E-state index contributed by atoms with van der Waals surface area (Å²) in [6.45, 7) is 1.35. The molecule has 2 heteroatoms. The van der Waals surface area contributed by atoms with Crippen LogP contribution in [-0.2, 0) is 13.1 Å². The second kappa shape index (κ2) is 6.90. The molecule has 3 aromatic rings. The van der Waals surface area contributed by atoms with Gasteiger partial charge in [0.2, 0.25) is 0 Å². The summed E-state index contributed by atoms with van der Waals surface area (Å²) in [5.74, 6) is -0.186. The zero-order valence-electron chi connectivity index (χ0n) is 12.3. The van der Waals surface area contributed by atoms with E-state index in [1.54, 1.807) is 6.07 Å². The highest BCUT2D eigenvalue weighted by atomic mass is 19.1. The molecule has 0 fully saturated rings. The quantitative estimate of drug-likeness (QED) is 0.637. The Morgan fingerprint density at radius 1 is 0.591 bits per heavy atom. The number of benzene rings is 3. The van der Waals surface area contributed by atoms with Gasteiger partial charge in [0.1, 0.15) is 5.82 Å². The van der Waals surface area contributed by atoms with Crippen molar-refractivity contribution in [3.8, 4) is 0 Å². The van der Waals surface area contributed by atoms with Crippen molar-refractivity contribution in [3.63, 3.8) is 0 Å². The van der Waals surface area contributed by atoms with E-state index in [0.717, 1.165) is 0 Å². The van der Waals surface area contributed by atoms with Crippen LogP contribution >= 0.6 is 0 Å². The lowest BCUT2D eigenvalue weighted by Crippen LogP contribution is -2.23. The first-order valence-corrected chi connectivity index (χ1v) is 7.40. The van der Waals surface area contributed by atoms with Gasteiger partial charge in [-0.25, -0.2) is 4.39 Å². The Labute approximate surface area is 130 Å². The second-order valence-corrected chi connectivity index (χ2v) is 5.28. The standard InChI is InChI=1S/C20H18FN/c21-19-13-7-8-14-20(19)22(15-17-9-3-1-4-10-17)16-18-11-5-2-6-12-18/h1-14H,15-16H2. The Kier molecular flexibility index (Phi) is 4.50. The van der Waals surface area contributed by atoms with E-state index in [9.17, 15) is 4.39 Å². The number of hydrogen-bond donors (Lipinski definition) is 0. The van der Waals surface area contributed by atoms with Crippen LogP contribution in [0.3, 0.4) is 0 Å². The molecule has 3 aromatic carbocycles. The number of anilines is 1. The van der Waals surface area contributed by atoms with E-state index in [1.165, 1.54) is 17.2 Å². The summed E-state index contributed by atoms with van der Waals surface area (Å²) < 4.78 is 14.2. The molecule has 22 heavy (non-hydrogen) atoms. The fourth-order valence-corrected chi connectivity index (χ4v) is 2.54. The molecule has 0 spiro atoms. The average molecular weight is 291 g/mol. The van der Waals surface area contributed by atoms with Crippen LogP contribution in [0.4, 0.5) is 10.1 Å². The van der Waals surface area contributed by atoms with E-state index >= 15 is 0 Å². The Morgan fingerprint density at radius 3 is 1.55 bits per heavy atom. The van der Waals surface area contributed by atoms with Crippen LogP contribution < -0.4 is 4.90 Å². The van der Waals surface area contributed by atoms with Gasteiger partial charge in [-0.1, -0.05) is 72.8 Å². The Balaban J connectivity index is 1.90. The SMILES string of the molecule is Fc1ccccc1N(Cc1ccccc1)Cc1ccccc1. The van der Waals surface area contributed by atoms with Crippen LogP contribution in [0.5, 0.6) is 0 Å². The maximum absolute atomic E-state index is 14.2. The molecule has 0 aliphatic rings. The van der Waals surface area contributed by atoms with Crippen molar-refractivity contribution in [3.05, 3.63) is 102 Å². The van der Waals surface area contributed by atoms with Crippen LogP contribution in [-0.4, -0.2) is 0 Å². The molecule has 0 N–H and O–H groups in total. The zero-order valence-corrected chi connectivity index (χ0v) is 12.3. The molecule has 0 bridgehead atoms. The lowest BCUT2D eigenvalue weighted by atomic mass is 10.1. The van der Waals surface area contributed by atoms with E-state index in [0.29, 0.717) is 18.8 Å². The van der Waals surface area contributed by atoms with E-state index in [1.807, 2.05) is 48.5 Å². The zero-order chi connectivity index (χ0) is 15.2. The molecule has 0 saturated carbocycles. The van der Waals surface area contributed by atoms with Crippen LogP contribution in [0, 0.1) is 5.82 Å². The number of nitrogens with zero attached hydrogens (tertiary/aromatic N) is 1. The average Bonchev–Trinajstić information content (AvgIpc) is 2.57. The molecule has 0 unspecified atom stereocenters. The molecule has 0 heterocycles. The van der Waals surface area contributed by atoms with Crippen LogP contribution in [0.1, 0.15) is 11.1 Å². The van der Waals surface area contributed by atoms with Gasteiger partial charge in [0.05, 0.1) is 5.69 Å². The minimum Gasteiger partial charge on any atom is -0.361 e. The maximum atomic E-state index is 14.2. The van der Waals surface area contributed by atoms with E-state index in [2.05, 4.69) is 29.2 Å². The largest absolute Gasteiger partial charge is 0.361 e. The van der Waals surface area contributed by atoms with Gasteiger partial charge in [-0.2, -0.15) is 0 Å². The summed E-state index contributed by atoms with van der Waals surface area (Å²) in [5, 5.41) is 0. The second-order valence-electron chi connectivity index (χ2n) is 5.28. The van der Waals surface area contributed by atoms with E-state index in [-0.39, 0.29) is 5.82 Å². The maximum Gasteiger partial charge on any atom is 0.146 e. The monoisotopic (exact) mass is 291 g/mol. The minimum absolute atomic E-state index is 0.186. The molecule has 110 valence electrons. The molecule has 0 aliphatic carbocycles. The van der Waals surface area contributed by atoms with Crippen molar-refractivity contribution in [1.82, 2.24) is 0 Å². The van der Waals surface area contributed by atoms with Crippen LogP contribution in [0.2, 0.25) is 0 Å². The third-order valence-corrected chi connectivity index (χ3v) is 3.63. The topological polar surface area (TPSA) is 3.24 Å². The summed E-state index contributed by atoms with van der Waals surface area (Å²) >= 11 is 0. The summed E-state index contributed by atoms with van der Waals surface area (Å²) in [4.78, 5) is 2.07. The lowest BCUT2D eigenvalue weighted by Gasteiger charge is -2.25. The van der Waals surface area contributed by atoms with Gasteiger partial charge in [0.25, 0.3) is 0 Å². The van der Waals surface area contributed by atoms with Crippen molar-refractivity contribution < 1.29 is 4.39 Å². The van der Waals surface area contributed by atoms with Gasteiger partial charge in [0, 0.05) is 13.1 Å². The number of halogens is 1. The summed E-state index contributed by atoms with van der Waals surface area (Å²) in [5.41, 5.74) is 2.97. The van der Waals surface area contributed by atoms with Crippen LogP contribution in [0.25, 0.3) is 0 Å². The normalized spacial score (nSPS) is 10.4. The Bertz CT molecular complexity index is 669. The highest BCUT2D eigenvalue weighted by Gasteiger charge is 2.12. The molecule has 0 radical (unpaired) electrons. The predicted molar refractivity (Wildman–Crippen MR) is 89.2 cm³/mol. The Hall–Kier alpha value is -2.61. The summed E-state index contributed by atoms with van der Waals surface area (Å²) in [6, 6.07) is 27.3. The fraction of sp³-hybridized carbons (Fsp3) is 0.100. The summed E-state index contributed by atoms with van der Waals surface area (Å²) in [6.07, 6.45) is 0. The molecule has 3 rings (SSSR count). The molecule has 0 aromatic heterocycles. The summed E-state index contributed by atoms with van der Waals surface area (Å²) in [7, 11) is 0. The van der Waals surface area contributed by atoms with Crippen LogP contribution in [0.15, 0.2) is 84.9 Å². The van der Waals surface area contributed by atoms with Crippen molar-refractivity contribution >= 4 is 5.69 Å². The van der Waals surface area contributed by atoms with E-state index in [4.69, 9.17) is 0 Å². The van der Waals surface area contributed by atoms with Crippen molar-refractivity contribution in [2.75, 3.05) is 4.90 Å². The van der Waals surface area contributed by atoms with Crippen molar-refractivity contribution in [2.45, 2.75) is 13.1 Å².